The molecule has 0 aliphatic rings. The van der Waals surface area contributed by atoms with Gasteiger partial charge in [0.2, 0.25) is 0 Å². The van der Waals surface area contributed by atoms with Gasteiger partial charge in [-0.1, -0.05) is 13.0 Å². The molecule has 4 heteroatoms. The first-order valence-electron chi connectivity index (χ1n) is 6.72. The van der Waals surface area contributed by atoms with Crippen LogP contribution in [0, 0.1) is 0 Å². The fraction of sp³-hybridized carbons (Fsp3) is 0.786. The lowest BCUT2D eigenvalue weighted by atomic mass is 10.1. The topological polar surface area (TPSA) is 66.8 Å². The van der Waals surface area contributed by atoms with E-state index < -0.39 is 12.2 Å². The smallest absolute Gasteiger partial charge is 0.305 e. The molecule has 0 saturated carbocycles. The molecule has 2 N–H and O–H groups in total. The minimum atomic E-state index is -0.603. The second-order valence-electron chi connectivity index (χ2n) is 4.50. The van der Waals surface area contributed by atoms with Crippen molar-refractivity contribution in [2.45, 2.75) is 64.1 Å². The number of rotatable bonds is 11. The standard InChI is InChI=1S/C14H26O4/c1-3-5-6-7-8-14(17)18-10-9-13(16)11-12(15)4-2/h3,12-13,15-16H,1,4-11H2,2H3. The molecule has 0 bridgehead atoms. The fourth-order valence-electron chi connectivity index (χ4n) is 1.54. The minimum absolute atomic E-state index is 0.220. The minimum Gasteiger partial charge on any atom is -0.466 e. The molecule has 2 atom stereocenters. The monoisotopic (exact) mass is 258 g/mol. The Morgan fingerprint density at radius 2 is 2.06 bits per heavy atom. The van der Waals surface area contributed by atoms with Crippen molar-refractivity contribution in [3.05, 3.63) is 12.7 Å². The first-order chi connectivity index (χ1) is 8.60. The summed E-state index contributed by atoms with van der Waals surface area (Å²) in [5.41, 5.74) is 0. The predicted octanol–water partition coefficient (Wildman–Crippen LogP) is 2.19. The average molecular weight is 258 g/mol. The molecule has 106 valence electrons. The lowest BCUT2D eigenvalue weighted by Crippen LogP contribution is -2.19. The lowest BCUT2D eigenvalue weighted by Gasteiger charge is -2.14. The van der Waals surface area contributed by atoms with Gasteiger partial charge in [0.05, 0.1) is 18.8 Å². The predicted molar refractivity (Wildman–Crippen MR) is 71.2 cm³/mol. The third kappa shape index (κ3) is 10.3. The summed E-state index contributed by atoms with van der Waals surface area (Å²) >= 11 is 0. The number of allylic oxidation sites excluding steroid dienone is 1. The van der Waals surface area contributed by atoms with E-state index >= 15 is 0 Å². The van der Waals surface area contributed by atoms with E-state index in [1.165, 1.54) is 0 Å². The summed E-state index contributed by atoms with van der Waals surface area (Å²) in [4.78, 5) is 11.3. The number of carbonyl (C=O) groups excluding carboxylic acids is 1. The van der Waals surface area contributed by atoms with Crippen LogP contribution in [-0.2, 0) is 9.53 Å². The summed E-state index contributed by atoms with van der Waals surface area (Å²) in [6, 6.07) is 0. The zero-order chi connectivity index (χ0) is 13.8. The van der Waals surface area contributed by atoms with Gasteiger partial charge >= 0.3 is 5.97 Å². The van der Waals surface area contributed by atoms with Gasteiger partial charge in [0, 0.05) is 12.8 Å². The highest BCUT2D eigenvalue weighted by Crippen LogP contribution is 2.06. The summed E-state index contributed by atoms with van der Waals surface area (Å²) in [6.45, 7) is 5.69. The number of hydrogen-bond donors (Lipinski definition) is 2. The van der Waals surface area contributed by atoms with Gasteiger partial charge in [0.15, 0.2) is 0 Å². The Balaban J connectivity index is 3.46. The molecule has 0 aromatic heterocycles. The zero-order valence-electron chi connectivity index (χ0n) is 11.3. The van der Waals surface area contributed by atoms with Gasteiger partial charge in [-0.15, -0.1) is 6.58 Å². The number of esters is 1. The molecular weight excluding hydrogens is 232 g/mol. The lowest BCUT2D eigenvalue weighted by molar-refractivity contribution is -0.144. The molecule has 0 fully saturated rings. The Morgan fingerprint density at radius 3 is 2.67 bits per heavy atom. The third-order valence-corrected chi connectivity index (χ3v) is 2.77. The Kier molecular flexibility index (Phi) is 10.7. The molecule has 0 rings (SSSR count). The summed E-state index contributed by atoms with van der Waals surface area (Å²) in [7, 11) is 0. The largest absolute Gasteiger partial charge is 0.466 e. The maximum Gasteiger partial charge on any atom is 0.305 e. The second kappa shape index (κ2) is 11.2. The van der Waals surface area contributed by atoms with Crippen molar-refractivity contribution in [1.29, 1.82) is 0 Å². The van der Waals surface area contributed by atoms with Crippen LogP contribution in [0.1, 0.15) is 51.9 Å². The van der Waals surface area contributed by atoms with Crippen molar-refractivity contribution >= 4 is 5.97 Å². The molecule has 0 aromatic rings. The van der Waals surface area contributed by atoms with Crippen molar-refractivity contribution < 1.29 is 19.7 Å². The normalized spacial score (nSPS) is 13.9. The first kappa shape index (κ1) is 17.1. The molecule has 2 unspecified atom stereocenters. The molecule has 0 aliphatic heterocycles. The van der Waals surface area contributed by atoms with Gasteiger partial charge in [-0.2, -0.15) is 0 Å². The number of carbonyl (C=O) groups is 1. The van der Waals surface area contributed by atoms with Crippen LogP contribution in [0.3, 0.4) is 0 Å². The van der Waals surface area contributed by atoms with Crippen molar-refractivity contribution in [2.75, 3.05) is 6.61 Å². The van der Waals surface area contributed by atoms with E-state index in [9.17, 15) is 15.0 Å². The summed E-state index contributed by atoms with van der Waals surface area (Å²) in [6.07, 6.45) is 5.20. The summed E-state index contributed by atoms with van der Waals surface area (Å²) in [5, 5.41) is 18.9. The fourth-order valence-corrected chi connectivity index (χ4v) is 1.54. The van der Waals surface area contributed by atoms with Crippen LogP contribution < -0.4 is 0 Å². The van der Waals surface area contributed by atoms with E-state index in [2.05, 4.69) is 6.58 Å². The second-order valence-corrected chi connectivity index (χ2v) is 4.50. The highest BCUT2D eigenvalue weighted by atomic mass is 16.5. The van der Waals surface area contributed by atoms with Gasteiger partial charge in [-0.25, -0.2) is 0 Å². The third-order valence-electron chi connectivity index (χ3n) is 2.77. The molecule has 0 saturated heterocycles. The highest BCUT2D eigenvalue weighted by molar-refractivity contribution is 5.69. The molecule has 0 aromatic carbocycles. The molecule has 0 amide bonds. The van der Waals surface area contributed by atoms with Gasteiger partial charge in [-0.3, -0.25) is 4.79 Å². The molecular formula is C14H26O4. The van der Waals surface area contributed by atoms with Gasteiger partial charge < -0.3 is 14.9 Å². The van der Waals surface area contributed by atoms with Crippen LogP contribution in [0.5, 0.6) is 0 Å². The van der Waals surface area contributed by atoms with Crippen molar-refractivity contribution in [3.63, 3.8) is 0 Å². The number of aliphatic hydroxyl groups excluding tert-OH is 2. The number of aliphatic hydroxyl groups is 2. The van der Waals surface area contributed by atoms with Crippen molar-refractivity contribution in [2.24, 2.45) is 0 Å². The zero-order valence-corrected chi connectivity index (χ0v) is 11.3. The Hall–Kier alpha value is -0.870. The number of unbranched alkanes of at least 4 members (excludes halogenated alkanes) is 2. The molecule has 18 heavy (non-hydrogen) atoms. The van der Waals surface area contributed by atoms with Gasteiger partial charge in [-0.05, 0) is 32.1 Å². The number of ether oxygens (including phenoxy) is 1. The summed E-state index contributed by atoms with van der Waals surface area (Å²) < 4.78 is 5.00. The maximum atomic E-state index is 11.3. The van der Waals surface area contributed by atoms with Crippen LogP contribution in [0.4, 0.5) is 0 Å². The van der Waals surface area contributed by atoms with Crippen LogP contribution in [0.25, 0.3) is 0 Å². The van der Waals surface area contributed by atoms with E-state index in [1.807, 2.05) is 13.0 Å². The first-order valence-corrected chi connectivity index (χ1v) is 6.72. The Bertz CT molecular complexity index is 228. The molecule has 0 aliphatic carbocycles. The van der Waals surface area contributed by atoms with Crippen LogP contribution in [-0.4, -0.2) is 35.0 Å². The van der Waals surface area contributed by atoms with E-state index in [-0.39, 0.29) is 12.6 Å². The SMILES string of the molecule is C=CCCCCC(=O)OCCC(O)CC(O)CC. The molecule has 0 radical (unpaired) electrons. The van der Waals surface area contributed by atoms with Crippen LogP contribution >= 0.6 is 0 Å². The molecule has 0 heterocycles. The van der Waals surface area contributed by atoms with Gasteiger partial charge in [0.25, 0.3) is 0 Å². The summed E-state index contributed by atoms with van der Waals surface area (Å²) in [5.74, 6) is -0.220. The van der Waals surface area contributed by atoms with Crippen LogP contribution in [0.2, 0.25) is 0 Å². The quantitative estimate of drug-likeness (QED) is 0.339. The van der Waals surface area contributed by atoms with Crippen molar-refractivity contribution in [1.82, 2.24) is 0 Å². The van der Waals surface area contributed by atoms with E-state index in [1.54, 1.807) is 0 Å². The number of hydrogen-bond acceptors (Lipinski definition) is 4. The van der Waals surface area contributed by atoms with E-state index in [4.69, 9.17) is 4.74 Å². The van der Waals surface area contributed by atoms with Crippen LogP contribution in [0.15, 0.2) is 12.7 Å². The van der Waals surface area contributed by atoms with Crippen molar-refractivity contribution in [3.8, 4) is 0 Å². The Labute approximate surface area is 110 Å². The van der Waals surface area contributed by atoms with E-state index in [0.717, 1.165) is 19.3 Å². The van der Waals surface area contributed by atoms with E-state index in [0.29, 0.717) is 25.7 Å². The average Bonchev–Trinajstić information content (AvgIpc) is 2.34. The molecule has 4 nitrogen and oxygen atoms in total. The molecule has 0 spiro atoms. The van der Waals surface area contributed by atoms with Gasteiger partial charge in [0.1, 0.15) is 0 Å². The maximum absolute atomic E-state index is 11.3. The highest BCUT2D eigenvalue weighted by Gasteiger charge is 2.11. The Morgan fingerprint density at radius 1 is 1.33 bits per heavy atom.